The van der Waals surface area contributed by atoms with E-state index in [9.17, 15) is 9.65 Å². The number of fused-ring (bicyclic) bond motifs is 1. The molecule has 0 spiro atoms. The van der Waals surface area contributed by atoms with E-state index in [-0.39, 0.29) is 11.6 Å². The lowest BCUT2D eigenvalue weighted by molar-refractivity contribution is 0.414. The zero-order chi connectivity index (χ0) is 19.5. The Bertz CT molecular complexity index is 1170. The third-order valence-electron chi connectivity index (χ3n) is 4.32. The van der Waals surface area contributed by atoms with E-state index in [1.807, 2.05) is 18.2 Å². The average Bonchev–Trinajstić information content (AvgIpc) is 3.19. The smallest absolute Gasteiger partial charge is 0.227 e. The summed E-state index contributed by atoms with van der Waals surface area (Å²) in [6, 6.07) is 14.6. The zero-order valence-corrected chi connectivity index (χ0v) is 14.8. The van der Waals surface area contributed by atoms with Gasteiger partial charge in [-0.1, -0.05) is 12.1 Å². The molecule has 0 saturated carbocycles. The first-order valence-electron chi connectivity index (χ1n) is 8.44. The number of hydrogen-bond donors (Lipinski definition) is 2. The van der Waals surface area contributed by atoms with Crippen molar-refractivity contribution in [3.8, 4) is 11.8 Å². The summed E-state index contributed by atoms with van der Waals surface area (Å²) in [5.74, 6) is -0.655. The molecule has 0 amide bonds. The number of benzene rings is 2. The van der Waals surface area contributed by atoms with E-state index in [2.05, 4.69) is 31.6 Å². The maximum atomic E-state index is 14.4. The number of rotatable bonds is 5. The first-order valence-corrected chi connectivity index (χ1v) is 8.44. The SMILES string of the molecule is COc1ccc(C(C#N)c2nc(Nc3ccc4[nH]ncc4c3)ncc2F)cc1. The van der Waals surface area contributed by atoms with Crippen LogP contribution in [0.3, 0.4) is 0 Å². The minimum Gasteiger partial charge on any atom is -0.497 e. The van der Waals surface area contributed by atoms with Crippen LogP contribution in [-0.4, -0.2) is 27.3 Å². The minimum absolute atomic E-state index is 0.00885. The van der Waals surface area contributed by atoms with Gasteiger partial charge in [0, 0.05) is 11.1 Å². The van der Waals surface area contributed by atoms with Crippen LogP contribution in [0.15, 0.2) is 54.9 Å². The van der Waals surface area contributed by atoms with E-state index in [4.69, 9.17) is 4.74 Å². The molecule has 0 bridgehead atoms. The summed E-state index contributed by atoms with van der Waals surface area (Å²) in [5, 5.41) is 20.4. The van der Waals surface area contributed by atoms with Gasteiger partial charge in [0.2, 0.25) is 5.95 Å². The fraction of sp³-hybridized carbons (Fsp3) is 0.100. The molecular formula is C20H15FN6O. The molecule has 1 atom stereocenters. The quantitative estimate of drug-likeness (QED) is 0.550. The number of aromatic amines is 1. The van der Waals surface area contributed by atoms with Crippen LogP contribution in [0.25, 0.3) is 10.9 Å². The van der Waals surface area contributed by atoms with Crippen LogP contribution in [0, 0.1) is 17.1 Å². The molecule has 2 aromatic heterocycles. The van der Waals surface area contributed by atoms with Crippen LogP contribution < -0.4 is 10.1 Å². The lowest BCUT2D eigenvalue weighted by atomic mass is 9.96. The van der Waals surface area contributed by atoms with Crippen LogP contribution in [0.4, 0.5) is 16.0 Å². The summed E-state index contributed by atoms with van der Waals surface area (Å²) < 4.78 is 19.5. The zero-order valence-electron chi connectivity index (χ0n) is 14.8. The van der Waals surface area contributed by atoms with Gasteiger partial charge in [-0.25, -0.2) is 14.4 Å². The van der Waals surface area contributed by atoms with Gasteiger partial charge in [-0.15, -0.1) is 0 Å². The van der Waals surface area contributed by atoms with E-state index in [0.717, 1.165) is 22.8 Å². The highest BCUT2D eigenvalue weighted by atomic mass is 19.1. The summed E-state index contributed by atoms with van der Waals surface area (Å²) in [6.45, 7) is 0. The van der Waals surface area contributed by atoms with E-state index in [1.54, 1.807) is 37.6 Å². The van der Waals surface area contributed by atoms with Crippen LogP contribution >= 0.6 is 0 Å². The van der Waals surface area contributed by atoms with Crippen LogP contribution in [-0.2, 0) is 0 Å². The van der Waals surface area contributed by atoms with Gasteiger partial charge in [0.05, 0.1) is 31.1 Å². The molecule has 28 heavy (non-hydrogen) atoms. The third-order valence-corrected chi connectivity index (χ3v) is 4.32. The number of hydrogen-bond acceptors (Lipinski definition) is 6. The Morgan fingerprint density at radius 2 is 2.00 bits per heavy atom. The van der Waals surface area contributed by atoms with E-state index in [1.165, 1.54) is 0 Å². The standard InChI is InChI=1S/C20H15FN6O/c1-28-15-5-2-12(3-6-15)16(9-22)19-17(21)11-23-20(26-19)25-14-4-7-18-13(8-14)10-24-27-18/h2-8,10-11,16H,1H3,(H,24,27)(H,23,25,26). The summed E-state index contributed by atoms with van der Waals surface area (Å²) in [6.07, 6.45) is 2.77. The monoisotopic (exact) mass is 374 g/mol. The number of halogens is 1. The van der Waals surface area contributed by atoms with Gasteiger partial charge in [-0.2, -0.15) is 10.4 Å². The molecule has 0 fully saturated rings. The van der Waals surface area contributed by atoms with E-state index >= 15 is 0 Å². The molecule has 0 aliphatic rings. The highest BCUT2D eigenvalue weighted by Crippen LogP contribution is 2.27. The number of nitrogens with zero attached hydrogens (tertiary/aromatic N) is 4. The van der Waals surface area contributed by atoms with Gasteiger partial charge < -0.3 is 10.1 Å². The Labute approximate surface area is 159 Å². The molecule has 0 aliphatic carbocycles. The number of ether oxygens (including phenoxy) is 1. The normalized spacial score (nSPS) is 11.8. The maximum Gasteiger partial charge on any atom is 0.227 e. The molecule has 2 aromatic carbocycles. The molecule has 4 rings (SSSR count). The van der Waals surface area contributed by atoms with E-state index < -0.39 is 11.7 Å². The van der Waals surface area contributed by atoms with Gasteiger partial charge >= 0.3 is 0 Å². The maximum absolute atomic E-state index is 14.4. The van der Waals surface area contributed by atoms with Crippen molar-refractivity contribution < 1.29 is 9.13 Å². The highest BCUT2D eigenvalue weighted by molar-refractivity contribution is 5.82. The molecule has 0 radical (unpaired) electrons. The summed E-state index contributed by atoms with van der Waals surface area (Å²) in [4.78, 5) is 8.24. The third kappa shape index (κ3) is 3.33. The minimum atomic E-state index is -0.870. The van der Waals surface area contributed by atoms with Crippen LogP contribution in [0.2, 0.25) is 0 Å². The Balaban J connectivity index is 1.66. The molecule has 7 nitrogen and oxygen atoms in total. The number of nitriles is 1. The summed E-state index contributed by atoms with van der Waals surface area (Å²) in [7, 11) is 1.56. The van der Waals surface area contributed by atoms with Gasteiger partial charge in [-0.05, 0) is 35.9 Å². The molecule has 2 heterocycles. The van der Waals surface area contributed by atoms with Gasteiger partial charge in [0.1, 0.15) is 17.4 Å². The van der Waals surface area contributed by atoms with Gasteiger partial charge in [0.15, 0.2) is 5.82 Å². The average molecular weight is 374 g/mol. The molecular weight excluding hydrogens is 359 g/mol. The first-order chi connectivity index (χ1) is 13.7. The largest absolute Gasteiger partial charge is 0.497 e. The fourth-order valence-corrected chi connectivity index (χ4v) is 2.88. The van der Waals surface area contributed by atoms with Crippen molar-refractivity contribution in [3.63, 3.8) is 0 Å². The predicted molar refractivity (Wildman–Crippen MR) is 102 cm³/mol. The molecule has 0 aliphatic heterocycles. The number of nitrogens with one attached hydrogen (secondary N) is 2. The van der Waals surface area contributed by atoms with Crippen molar-refractivity contribution in [2.24, 2.45) is 0 Å². The van der Waals surface area contributed by atoms with Crippen molar-refractivity contribution in [2.45, 2.75) is 5.92 Å². The fourth-order valence-electron chi connectivity index (χ4n) is 2.88. The van der Waals surface area contributed by atoms with Gasteiger partial charge in [0.25, 0.3) is 0 Å². The number of anilines is 2. The van der Waals surface area contributed by atoms with Crippen LogP contribution in [0.5, 0.6) is 5.75 Å². The topological polar surface area (TPSA) is 99.5 Å². The lowest BCUT2D eigenvalue weighted by Crippen LogP contribution is -2.08. The van der Waals surface area contributed by atoms with E-state index in [0.29, 0.717) is 11.3 Å². The molecule has 4 aromatic rings. The molecule has 1 unspecified atom stereocenters. The van der Waals surface area contributed by atoms with Crippen molar-refractivity contribution in [2.75, 3.05) is 12.4 Å². The van der Waals surface area contributed by atoms with Crippen molar-refractivity contribution in [1.82, 2.24) is 20.2 Å². The second-order valence-electron chi connectivity index (χ2n) is 6.06. The second kappa shape index (κ2) is 7.32. The number of methoxy groups -OCH3 is 1. The Morgan fingerprint density at radius 3 is 2.75 bits per heavy atom. The Kier molecular flexibility index (Phi) is 4.56. The first kappa shape index (κ1) is 17.4. The summed E-state index contributed by atoms with van der Waals surface area (Å²) >= 11 is 0. The lowest BCUT2D eigenvalue weighted by Gasteiger charge is -2.12. The molecule has 0 saturated heterocycles. The van der Waals surface area contributed by atoms with Gasteiger partial charge in [-0.3, -0.25) is 5.10 Å². The molecule has 138 valence electrons. The summed E-state index contributed by atoms with van der Waals surface area (Å²) in [5.41, 5.74) is 2.25. The Morgan fingerprint density at radius 1 is 1.18 bits per heavy atom. The second-order valence-corrected chi connectivity index (χ2v) is 6.06. The number of H-pyrrole nitrogens is 1. The van der Waals surface area contributed by atoms with Crippen molar-refractivity contribution in [3.05, 3.63) is 71.9 Å². The molecule has 8 heteroatoms. The van der Waals surface area contributed by atoms with Crippen molar-refractivity contribution >= 4 is 22.5 Å². The molecule has 2 N–H and O–H groups in total. The predicted octanol–water partition coefficient (Wildman–Crippen LogP) is 3.90. The van der Waals surface area contributed by atoms with Crippen molar-refractivity contribution in [1.29, 1.82) is 5.26 Å². The van der Waals surface area contributed by atoms with Crippen LogP contribution in [0.1, 0.15) is 17.2 Å². The Hall–Kier alpha value is -3.99. The highest BCUT2D eigenvalue weighted by Gasteiger charge is 2.21. The number of aromatic nitrogens is 4.